The maximum atomic E-state index is 11.8. The van der Waals surface area contributed by atoms with Gasteiger partial charge in [0.2, 0.25) is 5.91 Å². The molecule has 1 aliphatic rings. The SMILES string of the molecule is CCCCN(C1CC1)C(CN)CC(=O)N(C)C. The second-order valence-electron chi connectivity index (χ2n) is 5.20. The number of rotatable bonds is 8. The summed E-state index contributed by atoms with van der Waals surface area (Å²) in [6.07, 6.45) is 5.50. The van der Waals surface area contributed by atoms with Crippen molar-refractivity contribution in [1.82, 2.24) is 9.80 Å². The Balaban J connectivity index is 2.51. The largest absolute Gasteiger partial charge is 0.349 e. The lowest BCUT2D eigenvalue weighted by atomic mass is 10.1. The van der Waals surface area contributed by atoms with Crippen LogP contribution in [0.5, 0.6) is 0 Å². The zero-order valence-corrected chi connectivity index (χ0v) is 11.5. The number of nitrogens with zero attached hydrogens (tertiary/aromatic N) is 2. The summed E-state index contributed by atoms with van der Waals surface area (Å²) in [5.74, 6) is 0.183. The quantitative estimate of drug-likeness (QED) is 0.691. The van der Waals surface area contributed by atoms with E-state index in [4.69, 9.17) is 5.73 Å². The Labute approximate surface area is 105 Å². The fraction of sp³-hybridized carbons (Fsp3) is 0.923. The molecule has 0 aromatic carbocycles. The molecule has 17 heavy (non-hydrogen) atoms. The lowest BCUT2D eigenvalue weighted by molar-refractivity contribution is -0.130. The van der Waals surface area contributed by atoms with E-state index in [-0.39, 0.29) is 11.9 Å². The van der Waals surface area contributed by atoms with Gasteiger partial charge in [-0.3, -0.25) is 9.69 Å². The smallest absolute Gasteiger partial charge is 0.223 e. The van der Waals surface area contributed by atoms with Gasteiger partial charge in [-0.15, -0.1) is 0 Å². The fourth-order valence-electron chi connectivity index (χ4n) is 2.13. The highest BCUT2D eigenvalue weighted by Crippen LogP contribution is 2.29. The second-order valence-corrected chi connectivity index (χ2v) is 5.20. The Morgan fingerprint density at radius 2 is 2.06 bits per heavy atom. The van der Waals surface area contributed by atoms with Crippen molar-refractivity contribution in [2.45, 2.75) is 51.1 Å². The molecule has 0 radical (unpaired) electrons. The summed E-state index contributed by atoms with van der Waals surface area (Å²) in [6, 6.07) is 0.911. The Morgan fingerprint density at radius 1 is 1.41 bits per heavy atom. The predicted octanol–water partition coefficient (Wildman–Crippen LogP) is 1.06. The molecular formula is C13H27N3O. The molecule has 4 heteroatoms. The van der Waals surface area contributed by atoms with Gasteiger partial charge < -0.3 is 10.6 Å². The molecular weight excluding hydrogens is 214 g/mol. The van der Waals surface area contributed by atoms with Gasteiger partial charge >= 0.3 is 0 Å². The first-order chi connectivity index (χ1) is 8.10. The molecule has 1 unspecified atom stereocenters. The summed E-state index contributed by atoms with van der Waals surface area (Å²) in [7, 11) is 3.62. The molecule has 100 valence electrons. The number of hydrogen-bond acceptors (Lipinski definition) is 3. The third-order valence-corrected chi connectivity index (χ3v) is 3.44. The van der Waals surface area contributed by atoms with Crippen LogP contribution < -0.4 is 5.73 Å². The summed E-state index contributed by atoms with van der Waals surface area (Å²) >= 11 is 0. The van der Waals surface area contributed by atoms with Gasteiger partial charge in [-0.2, -0.15) is 0 Å². The first-order valence-corrected chi connectivity index (χ1v) is 6.76. The molecule has 1 amide bonds. The van der Waals surface area contributed by atoms with Crippen LogP contribution in [0.3, 0.4) is 0 Å². The van der Waals surface area contributed by atoms with Gasteiger partial charge in [0.05, 0.1) is 0 Å². The average Bonchev–Trinajstić information content (AvgIpc) is 3.11. The van der Waals surface area contributed by atoms with Crippen molar-refractivity contribution in [3.63, 3.8) is 0 Å². The van der Waals surface area contributed by atoms with Crippen LogP contribution in [0.15, 0.2) is 0 Å². The monoisotopic (exact) mass is 241 g/mol. The number of nitrogens with two attached hydrogens (primary N) is 1. The Bertz CT molecular complexity index is 239. The minimum Gasteiger partial charge on any atom is -0.349 e. The number of unbranched alkanes of at least 4 members (excludes halogenated alkanes) is 1. The van der Waals surface area contributed by atoms with Gasteiger partial charge in [0.15, 0.2) is 0 Å². The van der Waals surface area contributed by atoms with Crippen molar-refractivity contribution in [3.05, 3.63) is 0 Å². The lowest BCUT2D eigenvalue weighted by Gasteiger charge is -2.31. The molecule has 2 N–H and O–H groups in total. The van der Waals surface area contributed by atoms with Crippen molar-refractivity contribution in [2.75, 3.05) is 27.2 Å². The van der Waals surface area contributed by atoms with Crippen LogP contribution in [0.1, 0.15) is 39.0 Å². The van der Waals surface area contributed by atoms with Crippen molar-refractivity contribution in [1.29, 1.82) is 0 Å². The molecule has 0 spiro atoms. The summed E-state index contributed by atoms with van der Waals surface area (Å²) in [5.41, 5.74) is 5.85. The lowest BCUT2D eigenvalue weighted by Crippen LogP contribution is -2.45. The molecule has 0 saturated heterocycles. The van der Waals surface area contributed by atoms with E-state index in [1.165, 1.54) is 25.7 Å². The summed E-state index contributed by atoms with van der Waals surface area (Å²) in [4.78, 5) is 15.9. The molecule has 4 nitrogen and oxygen atoms in total. The number of carbonyl (C=O) groups is 1. The van der Waals surface area contributed by atoms with E-state index in [0.717, 1.165) is 6.54 Å². The van der Waals surface area contributed by atoms with Gasteiger partial charge in [0.1, 0.15) is 0 Å². The Kier molecular flexibility index (Phi) is 5.92. The van der Waals surface area contributed by atoms with E-state index >= 15 is 0 Å². The third-order valence-electron chi connectivity index (χ3n) is 3.44. The molecule has 1 aliphatic carbocycles. The molecule has 0 heterocycles. The van der Waals surface area contributed by atoms with Crippen LogP contribution in [0.4, 0.5) is 0 Å². The molecule has 0 aromatic heterocycles. The van der Waals surface area contributed by atoms with E-state index in [1.54, 1.807) is 4.90 Å². The van der Waals surface area contributed by atoms with Gasteiger partial charge in [-0.05, 0) is 25.8 Å². The number of hydrogen-bond donors (Lipinski definition) is 1. The van der Waals surface area contributed by atoms with Crippen LogP contribution in [0, 0.1) is 0 Å². The van der Waals surface area contributed by atoms with E-state index < -0.39 is 0 Å². The van der Waals surface area contributed by atoms with Crippen molar-refractivity contribution in [3.8, 4) is 0 Å². The topological polar surface area (TPSA) is 49.6 Å². The summed E-state index contributed by atoms with van der Waals surface area (Å²) < 4.78 is 0. The van der Waals surface area contributed by atoms with Crippen molar-refractivity contribution in [2.24, 2.45) is 5.73 Å². The number of carbonyl (C=O) groups excluding carboxylic acids is 1. The van der Waals surface area contributed by atoms with Crippen LogP contribution in [-0.4, -0.2) is 55.0 Å². The van der Waals surface area contributed by atoms with Crippen LogP contribution >= 0.6 is 0 Å². The Hall–Kier alpha value is -0.610. The fourth-order valence-corrected chi connectivity index (χ4v) is 2.13. The minimum atomic E-state index is 0.183. The minimum absolute atomic E-state index is 0.183. The van der Waals surface area contributed by atoms with Crippen molar-refractivity contribution >= 4 is 5.91 Å². The molecule has 1 atom stereocenters. The highest BCUT2D eigenvalue weighted by atomic mass is 16.2. The van der Waals surface area contributed by atoms with Crippen molar-refractivity contribution < 1.29 is 4.79 Å². The maximum absolute atomic E-state index is 11.8. The first kappa shape index (κ1) is 14.5. The standard InChI is InChI=1S/C13H27N3O/c1-4-5-8-16(11-6-7-11)12(10-14)9-13(17)15(2)3/h11-12H,4-10,14H2,1-3H3. The van der Waals surface area contributed by atoms with Crippen LogP contribution in [-0.2, 0) is 4.79 Å². The van der Waals surface area contributed by atoms with Gasteiger partial charge in [-0.1, -0.05) is 13.3 Å². The average molecular weight is 241 g/mol. The second kappa shape index (κ2) is 6.97. The maximum Gasteiger partial charge on any atom is 0.223 e. The normalized spacial score (nSPS) is 17.2. The van der Waals surface area contributed by atoms with Gasteiger partial charge in [0.25, 0.3) is 0 Å². The predicted molar refractivity (Wildman–Crippen MR) is 70.8 cm³/mol. The van der Waals surface area contributed by atoms with E-state index in [2.05, 4.69) is 11.8 Å². The molecule has 1 rings (SSSR count). The molecule has 1 fully saturated rings. The van der Waals surface area contributed by atoms with E-state index in [1.807, 2.05) is 14.1 Å². The third kappa shape index (κ3) is 4.64. The van der Waals surface area contributed by atoms with Gasteiger partial charge in [-0.25, -0.2) is 0 Å². The number of amides is 1. The molecule has 1 saturated carbocycles. The summed E-state index contributed by atoms with van der Waals surface area (Å²) in [5, 5.41) is 0. The highest BCUT2D eigenvalue weighted by Gasteiger charge is 2.33. The Morgan fingerprint density at radius 3 is 2.47 bits per heavy atom. The zero-order valence-electron chi connectivity index (χ0n) is 11.5. The molecule has 0 bridgehead atoms. The highest BCUT2D eigenvalue weighted by molar-refractivity contribution is 5.76. The van der Waals surface area contributed by atoms with E-state index in [9.17, 15) is 4.79 Å². The molecule has 0 aromatic rings. The zero-order chi connectivity index (χ0) is 12.8. The van der Waals surface area contributed by atoms with E-state index in [0.29, 0.717) is 19.0 Å². The molecule has 0 aliphatic heterocycles. The first-order valence-electron chi connectivity index (χ1n) is 6.76. The van der Waals surface area contributed by atoms with Crippen LogP contribution in [0.25, 0.3) is 0 Å². The van der Waals surface area contributed by atoms with Crippen LogP contribution in [0.2, 0.25) is 0 Å². The van der Waals surface area contributed by atoms with Gasteiger partial charge in [0, 0.05) is 39.1 Å². The summed E-state index contributed by atoms with van der Waals surface area (Å²) in [6.45, 7) is 3.87.